The van der Waals surface area contributed by atoms with E-state index < -0.39 is 5.82 Å². The molecule has 0 spiro atoms. The van der Waals surface area contributed by atoms with E-state index in [-0.39, 0.29) is 12.0 Å². The summed E-state index contributed by atoms with van der Waals surface area (Å²) in [6.45, 7) is 1.52. The zero-order valence-electron chi connectivity index (χ0n) is 6.76. The molecule has 1 N–H and O–H groups in total. The van der Waals surface area contributed by atoms with Crippen molar-refractivity contribution >= 4 is 15.9 Å². The van der Waals surface area contributed by atoms with Crippen molar-refractivity contribution in [3.05, 3.63) is 22.6 Å². The lowest BCUT2D eigenvalue weighted by atomic mass is 10.2. The Kier molecular flexibility index (Phi) is 2.46. The number of ether oxygens (including phenoxy) is 1. The number of pyridine rings is 1. The van der Waals surface area contributed by atoms with Gasteiger partial charge < -0.3 is 10.1 Å². The van der Waals surface area contributed by atoms with Gasteiger partial charge in [0.05, 0.1) is 0 Å². The summed E-state index contributed by atoms with van der Waals surface area (Å²) in [5, 5.41) is 3.03. The molecule has 5 heteroatoms. The zero-order chi connectivity index (χ0) is 9.26. The van der Waals surface area contributed by atoms with Crippen molar-refractivity contribution < 1.29 is 9.13 Å². The molecule has 0 atom stereocenters. The second kappa shape index (κ2) is 3.59. The summed E-state index contributed by atoms with van der Waals surface area (Å²) in [5.74, 6) is -0.351. The molecular weight excluding hydrogens is 239 g/mol. The van der Waals surface area contributed by atoms with Gasteiger partial charge >= 0.3 is 0 Å². The summed E-state index contributed by atoms with van der Waals surface area (Å²) in [5.41, 5.74) is 0. The molecular formula is C8H8BrFN2O. The Hall–Kier alpha value is -0.680. The van der Waals surface area contributed by atoms with Crippen molar-refractivity contribution in [1.29, 1.82) is 0 Å². The van der Waals surface area contributed by atoms with E-state index in [0.717, 1.165) is 13.1 Å². The highest BCUT2D eigenvalue weighted by molar-refractivity contribution is 9.10. The zero-order valence-corrected chi connectivity index (χ0v) is 8.34. The van der Waals surface area contributed by atoms with E-state index in [9.17, 15) is 4.39 Å². The van der Waals surface area contributed by atoms with Crippen LogP contribution in [0.1, 0.15) is 0 Å². The molecule has 0 saturated carbocycles. The highest BCUT2D eigenvalue weighted by atomic mass is 79.9. The van der Waals surface area contributed by atoms with Gasteiger partial charge in [0.15, 0.2) is 5.82 Å². The van der Waals surface area contributed by atoms with E-state index in [1.165, 1.54) is 12.3 Å². The topological polar surface area (TPSA) is 34.1 Å². The molecule has 2 heterocycles. The Morgan fingerprint density at radius 3 is 2.92 bits per heavy atom. The predicted octanol–water partition coefficient (Wildman–Crippen LogP) is 1.33. The van der Waals surface area contributed by atoms with Gasteiger partial charge in [-0.25, -0.2) is 9.37 Å². The Bertz CT molecular complexity index is 317. The van der Waals surface area contributed by atoms with E-state index >= 15 is 0 Å². The number of nitrogens with one attached hydrogen (secondary N) is 1. The third kappa shape index (κ3) is 1.97. The Balaban J connectivity index is 2.10. The fourth-order valence-corrected chi connectivity index (χ4v) is 1.30. The minimum absolute atomic E-state index is 0.0585. The SMILES string of the molecule is Fc1cc(Br)cnc1OC1CNC1. The molecule has 3 nitrogen and oxygen atoms in total. The summed E-state index contributed by atoms with van der Waals surface area (Å²) in [6.07, 6.45) is 1.58. The Morgan fingerprint density at radius 1 is 1.62 bits per heavy atom. The molecule has 2 rings (SSSR count). The first-order valence-electron chi connectivity index (χ1n) is 3.94. The maximum absolute atomic E-state index is 13.1. The highest BCUT2D eigenvalue weighted by Crippen LogP contribution is 2.19. The molecule has 0 unspecified atom stereocenters. The average molecular weight is 247 g/mol. The van der Waals surface area contributed by atoms with Gasteiger partial charge in [-0.05, 0) is 22.0 Å². The molecule has 0 aromatic carbocycles. The van der Waals surface area contributed by atoms with Gasteiger partial charge in [-0.2, -0.15) is 0 Å². The molecule has 1 aromatic rings. The molecule has 1 saturated heterocycles. The minimum atomic E-state index is -0.429. The van der Waals surface area contributed by atoms with Gasteiger partial charge in [0.1, 0.15) is 6.10 Å². The van der Waals surface area contributed by atoms with Crippen LogP contribution in [0.2, 0.25) is 0 Å². The minimum Gasteiger partial charge on any atom is -0.470 e. The van der Waals surface area contributed by atoms with Crippen LogP contribution in [0.5, 0.6) is 5.88 Å². The summed E-state index contributed by atoms with van der Waals surface area (Å²) >= 11 is 3.12. The normalized spacial score (nSPS) is 16.8. The summed E-state index contributed by atoms with van der Waals surface area (Å²) in [7, 11) is 0. The molecule has 13 heavy (non-hydrogen) atoms. The van der Waals surface area contributed by atoms with Gasteiger partial charge in [-0.1, -0.05) is 0 Å². The van der Waals surface area contributed by atoms with Gasteiger partial charge in [0.2, 0.25) is 0 Å². The molecule has 0 radical (unpaired) electrons. The Morgan fingerprint density at radius 2 is 2.38 bits per heavy atom. The van der Waals surface area contributed by atoms with Crippen LogP contribution in [-0.2, 0) is 0 Å². The smallest absolute Gasteiger partial charge is 0.250 e. The van der Waals surface area contributed by atoms with Crippen molar-refractivity contribution in [3.8, 4) is 5.88 Å². The second-order valence-corrected chi connectivity index (χ2v) is 3.75. The number of hydrogen-bond donors (Lipinski definition) is 1. The first-order valence-corrected chi connectivity index (χ1v) is 4.73. The molecule has 1 aliphatic rings. The lowest BCUT2D eigenvalue weighted by Crippen LogP contribution is -2.50. The number of halogens is 2. The molecule has 0 amide bonds. The highest BCUT2D eigenvalue weighted by Gasteiger charge is 2.20. The molecule has 1 aliphatic heterocycles. The maximum atomic E-state index is 13.1. The molecule has 70 valence electrons. The van der Waals surface area contributed by atoms with Crippen LogP contribution < -0.4 is 10.1 Å². The Labute approximate surface area is 83.4 Å². The maximum Gasteiger partial charge on any atom is 0.250 e. The summed E-state index contributed by atoms with van der Waals surface area (Å²) < 4.78 is 19.0. The third-order valence-corrected chi connectivity index (χ3v) is 2.23. The number of rotatable bonds is 2. The van der Waals surface area contributed by atoms with Crippen LogP contribution >= 0.6 is 15.9 Å². The van der Waals surface area contributed by atoms with Gasteiger partial charge in [-0.3, -0.25) is 0 Å². The second-order valence-electron chi connectivity index (χ2n) is 2.84. The fourth-order valence-electron chi connectivity index (χ4n) is 0.992. The monoisotopic (exact) mass is 246 g/mol. The molecule has 1 aromatic heterocycles. The molecule has 0 bridgehead atoms. The van der Waals surface area contributed by atoms with Gasteiger partial charge in [-0.15, -0.1) is 0 Å². The van der Waals surface area contributed by atoms with E-state index in [1.54, 1.807) is 0 Å². The number of aromatic nitrogens is 1. The summed E-state index contributed by atoms with van der Waals surface area (Å²) in [6, 6.07) is 1.34. The van der Waals surface area contributed by atoms with Crippen LogP contribution in [0.4, 0.5) is 4.39 Å². The van der Waals surface area contributed by atoms with Crippen molar-refractivity contribution in [1.82, 2.24) is 10.3 Å². The lowest BCUT2D eigenvalue weighted by molar-refractivity contribution is 0.129. The summed E-state index contributed by atoms with van der Waals surface area (Å²) in [4.78, 5) is 3.83. The van der Waals surface area contributed by atoms with E-state index in [4.69, 9.17) is 4.74 Å². The van der Waals surface area contributed by atoms with Crippen LogP contribution in [-0.4, -0.2) is 24.2 Å². The average Bonchev–Trinajstić information content (AvgIpc) is 1.99. The third-order valence-electron chi connectivity index (χ3n) is 1.80. The van der Waals surface area contributed by atoms with E-state index in [1.807, 2.05) is 0 Å². The van der Waals surface area contributed by atoms with Crippen LogP contribution in [0.3, 0.4) is 0 Å². The van der Waals surface area contributed by atoms with Gasteiger partial charge in [0.25, 0.3) is 5.88 Å². The van der Waals surface area contributed by atoms with E-state index in [0.29, 0.717) is 4.47 Å². The van der Waals surface area contributed by atoms with Crippen molar-refractivity contribution in [3.63, 3.8) is 0 Å². The van der Waals surface area contributed by atoms with E-state index in [2.05, 4.69) is 26.2 Å². The predicted molar refractivity (Wildman–Crippen MR) is 49.2 cm³/mol. The first kappa shape index (κ1) is 8.90. The first-order chi connectivity index (χ1) is 6.25. The van der Waals surface area contributed by atoms with Crippen molar-refractivity contribution in [2.75, 3.05) is 13.1 Å². The van der Waals surface area contributed by atoms with Crippen molar-refractivity contribution in [2.45, 2.75) is 6.10 Å². The molecule has 0 aliphatic carbocycles. The van der Waals surface area contributed by atoms with Crippen LogP contribution in [0, 0.1) is 5.82 Å². The quantitative estimate of drug-likeness (QED) is 0.856. The fraction of sp³-hybridized carbons (Fsp3) is 0.375. The number of hydrogen-bond acceptors (Lipinski definition) is 3. The van der Waals surface area contributed by atoms with Crippen LogP contribution in [0.25, 0.3) is 0 Å². The lowest BCUT2D eigenvalue weighted by Gasteiger charge is -2.27. The van der Waals surface area contributed by atoms with Crippen molar-refractivity contribution in [2.24, 2.45) is 0 Å². The number of nitrogens with zero attached hydrogens (tertiary/aromatic N) is 1. The molecule has 1 fully saturated rings. The standard InChI is InChI=1S/C8H8BrFN2O/c9-5-1-7(10)8(12-2-5)13-6-3-11-4-6/h1-2,6,11H,3-4H2. The largest absolute Gasteiger partial charge is 0.470 e. The van der Waals surface area contributed by atoms with Gasteiger partial charge in [0, 0.05) is 23.8 Å². The van der Waals surface area contributed by atoms with Crippen LogP contribution in [0.15, 0.2) is 16.7 Å².